The number of aliphatic hydroxyl groups is 1. The van der Waals surface area contributed by atoms with E-state index in [1.165, 1.54) is 18.2 Å². The quantitative estimate of drug-likeness (QED) is 0.583. The lowest BCUT2D eigenvalue weighted by Gasteiger charge is -1.97. The summed E-state index contributed by atoms with van der Waals surface area (Å²) < 4.78 is 0. The van der Waals surface area contributed by atoms with E-state index in [0.29, 0.717) is 12.0 Å². The minimum atomic E-state index is -0.642. The summed E-state index contributed by atoms with van der Waals surface area (Å²) in [7, 11) is 0. The standard InChI is InChI=1S/C10H11NO4/c12-6-2-1-3-8-4-5-9(11(14)15)10(13)7-8/h1,3-5,7,12-13H,2,6H2. The fraction of sp³-hybridized carbons (Fsp3) is 0.200. The SMILES string of the molecule is O=[N+]([O-])c1ccc(C=CCCO)cc1O. The van der Waals surface area contributed by atoms with Gasteiger partial charge in [0.05, 0.1) is 4.92 Å². The maximum Gasteiger partial charge on any atom is 0.310 e. The zero-order valence-corrected chi connectivity index (χ0v) is 7.96. The van der Waals surface area contributed by atoms with Crippen molar-refractivity contribution in [3.8, 4) is 5.75 Å². The number of benzene rings is 1. The molecule has 0 atom stereocenters. The first-order valence-corrected chi connectivity index (χ1v) is 4.40. The molecule has 0 saturated heterocycles. The normalized spacial score (nSPS) is 10.7. The highest BCUT2D eigenvalue weighted by atomic mass is 16.6. The van der Waals surface area contributed by atoms with Gasteiger partial charge in [0.1, 0.15) is 0 Å². The van der Waals surface area contributed by atoms with Crippen LogP contribution >= 0.6 is 0 Å². The molecule has 0 aliphatic heterocycles. The summed E-state index contributed by atoms with van der Waals surface area (Å²) in [6.45, 7) is 0.0511. The number of nitrogens with zero attached hydrogens (tertiary/aromatic N) is 1. The van der Waals surface area contributed by atoms with E-state index in [-0.39, 0.29) is 18.0 Å². The van der Waals surface area contributed by atoms with Gasteiger partial charge in [-0.15, -0.1) is 0 Å². The Bertz CT molecular complexity index is 387. The highest BCUT2D eigenvalue weighted by Crippen LogP contribution is 2.26. The Hall–Kier alpha value is -1.88. The number of phenols is 1. The van der Waals surface area contributed by atoms with E-state index in [1.54, 1.807) is 12.2 Å². The number of hydrogen-bond acceptors (Lipinski definition) is 4. The van der Waals surface area contributed by atoms with E-state index in [9.17, 15) is 15.2 Å². The maximum absolute atomic E-state index is 10.4. The molecule has 0 aromatic heterocycles. The van der Waals surface area contributed by atoms with E-state index in [1.807, 2.05) is 0 Å². The van der Waals surface area contributed by atoms with Crippen molar-refractivity contribution in [3.63, 3.8) is 0 Å². The Morgan fingerprint density at radius 1 is 1.47 bits per heavy atom. The number of nitro groups is 1. The van der Waals surface area contributed by atoms with Crippen molar-refractivity contribution in [1.29, 1.82) is 0 Å². The van der Waals surface area contributed by atoms with Crippen molar-refractivity contribution in [3.05, 3.63) is 40.0 Å². The predicted molar refractivity (Wildman–Crippen MR) is 55.5 cm³/mol. The van der Waals surface area contributed by atoms with Crippen molar-refractivity contribution >= 4 is 11.8 Å². The highest BCUT2D eigenvalue weighted by Gasteiger charge is 2.11. The van der Waals surface area contributed by atoms with Gasteiger partial charge in [-0.25, -0.2) is 0 Å². The topological polar surface area (TPSA) is 83.6 Å². The second-order valence-corrected chi connectivity index (χ2v) is 2.92. The molecule has 0 heterocycles. The molecular weight excluding hydrogens is 198 g/mol. The van der Waals surface area contributed by atoms with Crippen LogP contribution in [0.1, 0.15) is 12.0 Å². The van der Waals surface area contributed by atoms with Crippen molar-refractivity contribution in [2.75, 3.05) is 6.61 Å². The van der Waals surface area contributed by atoms with E-state index in [0.717, 1.165) is 0 Å². The fourth-order valence-corrected chi connectivity index (χ4v) is 1.09. The van der Waals surface area contributed by atoms with Gasteiger partial charge < -0.3 is 10.2 Å². The van der Waals surface area contributed by atoms with Crippen molar-refractivity contribution in [2.45, 2.75) is 6.42 Å². The molecule has 5 heteroatoms. The number of nitro benzene ring substituents is 1. The molecule has 0 aliphatic rings. The zero-order valence-electron chi connectivity index (χ0n) is 7.96. The summed E-state index contributed by atoms with van der Waals surface area (Å²) in [5.74, 6) is -0.355. The first-order chi connectivity index (χ1) is 7.15. The Kier molecular flexibility index (Phi) is 3.82. The van der Waals surface area contributed by atoms with Crippen LogP contribution in [0.3, 0.4) is 0 Å². The number of aromatic hydroxyl groups is 1. The van der Waals surface area contributed by atoms with Crippen LogP contribution < -0.4 is 0 Å². The number of aliphatic hydroxyl groups excluding tert-OH is 1. The van der Waals surface area contributed by atoms with Crippen LogP contribution in [0.5, 0.6) is 5.75 Å². The van der Waals surface area contributed by atoms with Gasteiger partial charge >= 0.3 is 5.69 Å². The van der Waals surface area contributed by atoms with Gasteiger partial charge in [-0.3, -0.25) is 10.1 Å². The van der Waals surface area contributed by atoms with Gasteiger partial charge in [-0.2, -0.15) is 0 Å². The minimum Gasteiger partial charge on any atom is -0.502 e. The van der Waals surface area contributed by atoms with Gasteiger partial charge in [0, 0.05) is 12.7 Å². The number of phenolic OH excluding ortho intramolecular Hbond substituents is 1. The van der Waals surface area contributed by atoms with E-state index in [4.69, 9.17) is 5.11 Å². The Morgan fingerprint density at radius 3 is 2.73 bits per heavy atom. The van der Waals surface area contributed by atoms with Crippen molar-refractivity contribution in [1.82, 2.24) is 0 Å². The number of rotatable bonds is 4. The van der Waals surface area contributed by atoms with Crippen molar-refractivity contribution < 1.29 is 15.1 Å². The molecule has 5 nitrogen and oxygen atoms in total. The van der Waals surface area contributed by atoms with Crippen LogP contribution in [0, 0.1) is 10.1 Å². The molecule has 0 unspecified atom stereocenters. The summed E-state index contributed by atoms with van der Waals surface area (Å²) in [5, 5.41) is 28.2. The highest BCUT2D eigenvalue weighted by molar-refractivity contribution is 5.57. The zero-order chi connectivity index (χ0) is 11.3. The summed E-state index contributed by atoms with van der Waals surface area (Å²) >= 11 is 0. The first kappa shape index (κ1) is 11.2. The molecule has 0 bridgehead atoms. The van der Waals surface area contributed by atoms with Crippen LogP contribution in [0.15, 0.2) is 24.3 Å². The average molecular weight is 209 g/mol. The van der Waals surface area contributed by atoms with Gasteiger partial charge in [0.15, 0.2) is 5.75 Å². The molecule has 80 valence electrons. The second kappa shape index (κ2) is 5.11. The van der Waals surface area contributed by atoms with Crippen LogP contribution in [-0.4, -0.2) is 21.7 Å². The summed E-state index contributed by atoms with van der Waals surface area (Å²) in [4.78, 5) is 9.75. The smallest absolute Gasteiger partial charge is 0.310 e. The maximum atomic E-state index is 10.4. The van der Waals surface area contributed by atoms with E-state index >= 15 is 0 Å². The predicted octanol–water partition coefficient (Wildman–Crippen LogP) is 1.70. The molecule has 0 amide bonds. The van der Waals surface area contributed by atoms with Crippen molar-refractivity contribution in [2.24, 2.45) is 0 Å². The van der Waals surface area contributed by atoms with Gasteiger partial charge in [-0.05, 0) is 24.1 Å². The number of hydrogen-bond donors (Lipinski definition) is 2. The van der Waals surface area contributed by atoms with Crippen LogP contribution in [0.25, 0.3) is 6.08 Å². The Balaban J connectivity index is 2.87. The van der Waals surface area contributed by atoms with E-state index in [2.05, 4.69) is 0 Å². The van der Waals surface area contributed by atoms with Crippen LogP contribution in [-0.2, 0) is 0 Å². The monoisotopic (exact) mass is 209 g/mol. The molecule has 1 aromatic rings. The molecule has 0 aliphatic carbocycles. The van der Waals surface area contributed by atoms with Gasteiger partial charge in [0.25, 0.3) is 0 Å². The molecule has 0 saturated carbocycles. The third-order valence-corrected chi connectivity index (χ3v) is 1.80. The second-order valence-electron chi connectivity index (χ2n) is 2.92. The Morgan fingerprint density at radius 2 is 2.20 bits per heavy atom. The third kappa shape index (κ3) is 3.07. The van der Waals surface area contributed by atoms with Gasteiger partial charge in [0.2, 0.25) is 0 Å². The molecule has 1 aromatic carbocycles. The van der Waals surface area contributed by atoms with Crippen LogP contribution in [0.4, 0.5) is 5.69 Å². The summed E-state index contributed by atoms with van der Waals surface area (Å²) in [6.07, 6.45) is 3.91. The average Bonchev–Trinajstić information content (AvgIpc) is 2.17. The lowest BCUT2D eigenvalue weighted by molar-refractivity contribution is -0.385. The Labute approximate surface area is 86.4 Å². The summed E-state index contributed by atoms with van der Waals surface area (Å²) in [6, 6.07) is 4.09. The van der Waals surface area contributed by atoms with Gasteiger partial charge in [-0.1, -0.05) is 12.2 Å². The fourth-order valence-electron chi connectivity index (χ4n) is 1.09. The molecule has 0 radical (unpaired) electrons. The molecule has 0 fully saturated rings. The van der Waals surface area contributed by atoms with E-state index < -0.39 is 4.92 Å². The lowest BCUT2D eigenvalue weighted by atomic mass is 10.1. The molecule has 0 spiro atoms. The molecule has 1 rings (SSSR count). The largest absolute Gasteiger partial charge is 0.502 e. The molecule has 2 N–H and O–H groups in total. The first-order valence-electron chi connectivity index (χ1n) is 4.40. The molecular formula is C10H11NO4. The minimum absolute atomic E-state index is 0.0511. The third-order valence-electron chi connectivity index (χ3n) is 1.80. The summed E-state index contributed by atoms with van der Waals surface area (Å²) in [5.41, 5.74) is 0.348. The lowest BCUT2D eigenvalue weighted by Crippen LogP contribution is -1.88. The molecule has 15 heavy (non-hydrogen) atoms. The van der Waals surface area contributed by atoms with Crippen LogP contribution in [0.2, 0.25) is 0 Å².